The maximum atomic E-state index is 12.8. The molecule has 0 saturated carbocycles. The summed E-state index contributed by atoms with van der Waals surface area (Å²) in [5.41, 5.74) is 1.14. The Hall–Kier alpha value is -2.63. The number of rotatable bonds is 5. The van der Waals surface area contributed by atoms with Crippen LogP contribution in [0.5, 0.6) is 0 Å². The summed E-state index contributed by atoms with van der Waals surface area (Å²) in [7, 11) is 0. The number of hydrogen-bond acceptors (Lipinski definition) is 3. The summed E-state index contributed by atoms with van der Waals surface area (Å²) in [6, 6.07) is 7.10. The molecule has 2 N–H and O–H groups in total. The highest BCUT2D eigenvalue weighted by Crippen LogP contribution is 2.12. The predicted octanol–water partition coefficient (Wildman–Crippen LogP) is 2.03. The molecule has 6 heteroatoms. The molecule has 5 nitrogen and oxygen atoms in total. The summed E-state index contributed by atoms with van der Waals surface area (Å²) in [4.78, 5) is 23.4. The Labute approximate surface area is 121 Å². The number of amides is 2. The van der Waals surface area contributed by atoms with Crippen LogP contribution in [0.25, 0.3) is 0 Å². The van der Waals surface area contributed by atoms with Gasteiger partial charge in [-0.25, -0.2) is 4.39 Å². The zero-order valence-corrected chi connectivity index (χ0v) is 11.4. The van der Waals surface area contributed by atoms with Crippen LogP contribution < -0.4 is 10.6 Å². The van der Waals surface area contributed by atoms with Crippen LogP contribution in [-0.4, -0.2) is 18.4 Å². The van der Waals surface area contributed by atoms with Gasteiger partial charge in [0.25, 0.3) is 5.91 Å². The zero-order chi connectivity index (χ0) is 15.2. The minimum absolute atomic E-state index is 0.143. The molecule has 0 aliphatic carbocycles. The van der Waals surface area contributed by atoms with Gasteiger partial charge in [-0.1, -0.05) is 12.1 Å². The van der Waals surface area contributed by atoms with Crippen molar-refractivity contribution in [2.75, 3.05) is 6.54 Å². The molecule has 1 heterocycles. The first-order chi connectivity index (χ1) is 10.1. The van der Waals surface area contributed by atoms with E-state index in [9.17, 15) is 14.0 Å². The van der Waals surface area contributed by atoms with Gasteiger partial charge in [0, 0.05) is 0 Å². The zero-order valence-electron chi connectivity index (χ0n) is 11.4. The average Bonchev–Trinajstić information content (AvgIpc) is 2.99. The van der Waals surface area contributed by atoms with E-state index in [0.29, 0.717) is 5.56 Å². The predicted molar refractivity (Wildman–Crippen MR) is 74.0 cm³/mol. The molecule has 1 aromatic carbocycles. The Morgan fingerprint density at radius 1 is 1.24 bits per heavy atom. The van der Waals surface area contributed by atoms with Crippen molar-refractivity contribution in [2.24, 2.45) is 0 Å². The molecule has 0 saturated heterocycles. The van der Waals surface area contributed by atoms with Gasteiger partial charge in [0.1, 0.15) is 12.1 Å². The fourth-order valence-electron chi connectivity index (χ4n) is 1.78. The van der Waals surface area contributed by atoms with Crippen molar-refractivity contribution >= 4 is 11.8 Å². The molecule has 2 aromatic rings. The monoisotopic (exact) mass is 290 g/mol. The Kier molecular flexibility index (Phi) is 4.71. The van der Waals surface area contributed by atoms with E-state index in [1.165, 1.54) is 30.7 Å². The minimum Gasteiger partial charge on any atom is -0.472 e. The van der Waals surface area contributed by atoms with Gasteiger partial charge in [-0.15, -0.1) is 0 Å². The van der Waals surface area contributed by atoms with Gasteiger partial charge in [-0.2, -0.15) is 0 Å². The van der Waals surface area contributed by atoms with Gasteiger partial charge in [0.2, 0.25) is 5.91 Å². The fourth-order valence-corrected chi connectivity index (χ4v) is 1.78. The second kappa shape index (κ2) is 6.69. The lowest BCUT2D eigenvalue weighted by Gasteiger charge is -2.14. The number of carbonyl (C=O) groups excluding carboxylic acids is 2. The van der Waals surface area contributed by atoms with Crippen molar-refractivity contribution in [3.05, 3.63) is 59.8 Å². The van der Waals surface area contributed by atoms with Gasteiger partial charge in [-0.3, -0.25) is 9.59 Å². The maximum Gasteiger partial charge on any atom is 0.254 e. The van der Waals surface area contributed by atoms with E-state index in [0.717, 1.165) is 5.56 Å². The second-order valence-corrected chi connectivity index (χ2v) is 4.54. The summed E-state index contributed by atoms with van der Waals surface area (Å²) >= 11 is 0. The summed E-state index contributed by atoms with van der Waals surface area (Å²) in [5, 5.41) is 5.20. The highest BCUT2D eigenvalue weighted by Gasteiger charge is 2.12. The van der Waals surface area contributed by atoms with Crippen molar-refractivity contribution in [2.45, 2.75) is 13.0 Å². The van der Waals surface area contributed by atoms with Gasteiger partial charge < -0.3 is 15.1 Å². The molecular formula is C15H15FN2O3. The first-order valence-corrected chi connectivity index (χ1v) is 6.41. The lowest BCUT2D eigenvalue weighted by molar-refractivity contribution is -0.120. The normalized spacial score (nSPS) is 11.7. The molecule has 2 rings (SSSR count). The third kappa shape index (κ3) is 4.17. The smallest absolute Gasteiger partial charge is 0.254 e. The van der Waals surface area contributed by atoms with Crippen LogP contribution in [0.2, 0.25) is 0 Å². The summed E-state index contributed by atoms with van der Waals surface area (Å²) in [5.74, 6) is -1.04. The quantitative estimate of drug-likeness (QED) is 0.885. The number of furan rings is 1. The average molecular weight is 290 g/mol. The molecule has 1 aromatic heterocycles. The van der Waals surface area contributed by atoms with Crippen LogP contribution >= 0.6 is 0 Å². The molecular weight excluding hydrogens is 275 g/mol. The van der Waals surface area contributed by atoms with E-state index in [2.05, 4.69) is 10.6 Å². The van der Waals surface area contributed by atoms with E-state index < -0.39 is 0 Å². The van der Waals surface area contributed by atoms with Gasteiger partial charge in [0.05, 0.1) is 24.4 Å². The van der Waals surface area contributed by atoms with Gasteiger partial charge >= 0.3 is 0 Å². The molecule has 1 unspecified atom stereocenters. The van der Waals surface area contributed by atoms with E-state index in [1.54, 1.807) is 19.1 Å². The van der Waals surface area contributed by atoms with Crippen LogP contribution in [0, 0.1) is 5.82 Å². The van der Waals surface area contributed by atoms with E-state index in [4.69, 9.17) is 4.42 Å². The molecule has 21 heavy (non-hydrogen) atoms. The topological polar surface area (TPSA) is 71.3 Å². The third-order valence-corrected chi connectivity index (χ3v) is 2.94. The lowest BCUT2D eigenvalue weighted by atomic mass is 10.1. The third-order valence-electron chi connectivity index (χ3n) is 2.94. The van der Waals surface area contributed by atoms with Crippen molar-refractivity contribution in [3.63, 3.8) is 0 Å². The minimum atomic E-state index is -0.381. The summed E-state index contributed by atoms with van der Waals surface area (Å²) in [6.45, 7) is 1.64. The number of nitrogens with one attached hydrogen (secondary N) is 2. The van der Waals surface area contributed by atoms with Crippen molar-refractivity contribution in [1.29, 1.82) is 0 Å². The Morgan fingerprint density at radius 3 is 2.57 bits per heavy atom. The van der Waals surface area contributed by atoms with E-state index in [1.807, 2.05) is 0 Å². The Bertz CT molecular complexity index is 608. The molecule has 110 valence electrons. The number of carbonyl (C=O) groups is 2. The van der Waals surface area contributed by atoms with Crippen LogP contribution in [0.4, 0.5) is 4.39 Å². The SMILES string of the molecule is CC(NC(=O)CNC(=O)c1ccoc1)c1ccc(F)cc1. The molecule has 0 aliphatic rings. The van der Waals surface area contributed by atoms with E-state index >= 15 is 0 Å². The molecule has 0 radical (unpaired) electrons. The molecule has 1 atom stereocenters. The first-order valence-electron chi connectivity index (χ1n) is 6.41. The number of hydrogen-bond donors (Lipinski definition) is 2. The molecule has 0 fully saturated rings. The Balaban J connectivity index is 1.81. The summed E-state index contributed by atoms with van der Waals surface area (Å²) in [6.07, 6.45) is 2.68. The van der Waals surface area contributed by atoms with E-state index in [-0.39, 0.29) is 30.2 Å². The standard InChI is InChI=1S/C15H15FN2O3/c1-10(11-2-4-13(16)5-3-11)18-14(19)8-17-15(20)12-6-7-21-9-12/h2-7,9-10H,8H2,1H3,(H,17,20)(H,18,19). The second-order valence-electron chi connectivity index (χ2n) is 4.54. The highest BCUT2D eigenvalue weighted by atomic mass is 19.1. The van der Waals surface area contributed by atoms with Crippen LogP contribution in [-0.2, 0) is 4.79 Å². The van der Waals surface area contributed by atoms with Crippen LogP contribution in [0.1, 0.15) is 28.9 Å². The molecule has 0 spiro atoms. The van der Waals surface area contributed by atoms with Crippen LogP contribution in [0.3, 0.4) is 0 Å². The largest absolute Gasteiger partial charge is 0.472 e. The maximum absolute atomic E-state index is 12.8. The van der Waals surface area contributed by atoms with Crippen LogP contribution in [0.15, 0.2) is 47.3 Å². The molecule has 0 aliphatic heterocycles. The van der Waals surface area contributed by atoms with Crippen molar-refractivity contribution in [3.8, 4) is 0 Å². The molecule has 2 amide bonds. The van der Waals surface area contributed by atoms with Gasteiger partial charge in [-0.05, 0) is 30.7 Å². The fraction of sp³-hybridized carbons (Fsp3) is 0.200. The summed E-state index contributed by atoms with van der Waals surface area (Å²) < 4.78 is 17.6. The highest BCUT2D eigenvalue weighted by molar-refractivity contribution is 5.96. The van der Waals surface area contributed by atoms with Crippen molar-refractivity contribution in [1.82, 2.24) is 10.6 Å². The molecule has 0 bridgehead atoms. The number of halogens is 1. The Morgan fingerprint density at radius 2 is 1.95 bits per heavy atom. The van der Waals surface area contributed by atoms with Crippen molar-refractivity contribution < 1.29 is 18.4 Å². The first kappa shape index (κ1) is 14.8. The number of benzene rings is 1. The van der Waals surface area contributed by atoms with Gasteiger partial charge in [0.15, 0.2) is 0 Å². The lowest BCUT2D eigenvalue weighted by Crippen LogP contribution is -2.37.